The summed E-state index contributed by atoms with van der Waals surface area (Å²) in [6.07, 6.45) is 0. The van der Waals surface area contributed by atoms with Gasteiger partial charge in [-0.3, -0.25) is 0 Å². The molecule has 0 aliphatic heterocycles. The molecule has 0 bridgehead atoms. The average molecular weight is 826 g/mol. The molecule has 0 saturated carbocycles. The quantitative estimate of drug-likeness (QED) is 0.138. The summed E-state index contributed by atoms with van der Waals surface area (Å²) >= 11 is 0. The maximum absolute atomic E-state index is 2.43. The minimum absolute atomic E-state index is 1.09. The molecular weight excluding hydrogens is 783 g/mol. The summed E-state index contributed by atoms with van der Waals surface area (Å²) in [5, 5.41) is 9.91. The van der Waals surface area contributed by atoms with Gasteiger partial charge in [-0.2, -0.15) is 0 Å². The molecular formula is C64H43N. The lowest BCUT2D eigenvalue weighted by Gasteiger charge is -2.28. The Bertz CT molecular complexity index is 3680. The van der Waals surface area contributed by atoms with Crippen LogP contribution in [-0.4, -0.2) is 0 Å². The van der Waals surface area contributed by atoms with Crippen molar-refractivity contribution in [3.05, 3.63) is 261 Å². The number of benzene rings is 12. The van der Waals surface area contributed by atoms with Crippen molar-refractivity contribution in [2.75, 3.05) is 4.90 Å². The fourth-order valence-corrected chi connectivity index (χ4v) is 10.0. The van der Waals surface area contributed by atoms with Crippen LogP contribution in [0.1, 0.15) is 0 Å². The number of rotatable bonds is 8. The molecule has 0 radical (unpaired) electrons. The van der Waals surface area contributed by atoms with Gasteiger partial charge in [-0.05, 0) is 130 Å². The third-order valence-corrected chi connectivity index (χ3v) is 13.0. The van der Waals surface area contributed by atoms with Crippen LogP contribution in [0.2, 0.25) is 0 Å². The highest BCUT2D eigenvalue weighted by atomic mass is 15.1. The molecule has 0 atom stereocenters. The van der Waals surface area contributed by atoms with Crippen LogP contribution >= 0.6 is 0 Å². The topological polar surface area (TPSA) is 3.24 Å². The Morgan fingerprint density at radius 2 is 0.723 bits per heavy atom. The van der Waals surface area contributed by atoms with Gasteiger partial charge in [-0.15, -0.1) is 0 Å². The molecule has 0 aliphatic carbocycles. The lowest BCUT2D eigenvalue weighted by atomic mass is 9.84. The van der Waals surface area contributed by atoms with Gasteiger partial charge in [0, 0.05) is 16.8 Å². The van der Waals surface area contributed by atoms with E-state index in [4.69, 9.17) is 0 Å². The highest BCUT2D eigenvalue weighted by Gasteiger charge is 2.21. The zero-order valence-electron chi connectivity index (χ0n) is 35.8. The van der Waals surface area contributed by atoms with E-state index < -0.39 is 0 Å². The normalized spacial score (nSPS) is 11.4. The van der Waals surface area contributed by atoms with Crippen LogP contribution in [0.5, 0.6) is 0 Å². The molecule has 0 aromatic heterocycles. The molecule has 0 fully saturated rings. The standard InChI is InChI=1S/C64H43N/c1-4-18-45(19-5-1)55-40-41-62(59-31-14-12-29-56(55)59)65(52-27-16-26-50(42-52)54-33-17-25-46-20-10-11-28-53(46)54)51-37-34-44(35-38-51)49-36-39-58-57-30-13-15-32-60(57)63(47-21-6-2-7-22-47)64(61(58)43-49)48-23-8-3-9-24-48/h1-43H. The SMILES string of the molecule is c1ccc(-c2ccc(N(c3ccc(-c4ccc5c(c4)c(-c4ccccc4)c(-c4ccccc4)c4ccccc45)cc3)c3cccc(-c4cccc5ccccc45)c3)c3ccccc23)cc1. The Kier molecular flexibility index (Phi) is 9.58. The van der Waals surface area contributed by atoms with E-state index in [1.54, 1.807) is 0 Å². The van der Waals surface area contributed by atoms with Crippen molar-refractivity contribution in [1.82, 2.24) is 0 Å². The van der Waals surface area contributed by atoms with E-state index in [-0.39, 0.29) is 0 Å². The monoisotopic (exact) mass is 825 g/mol. The van der Waals surface area contributed by atoms with Crippen LogP contribution in [0.15, 0.2) is 261 Å². The molecule has 0 unspecified atom stereocenters. The molecule has 12 rings (SSSR count). The number of hydrogen-bond donors (Lipinski definition) is 0. The van der Waals surface area contributed by atoms with E-state index in [0.29, 0.717) is 0 Å². The predicted octanol–water partition coefficient (Wildman–Crippen LogP) is 18.1. The minimum Gasteiger partial charge on any atom is -0.310 e. The predicted molar refractivity (Wildman–Crippen MR) is 278 cm³/mol. The van der Waals surface area contributed by atoms with E-state index >= 15 is 0 Å². The Balaban J connectivity index is 1.04. The Morgan fingerprint density at radius 1 is 0.215 bits per heavy atom. The van der Waals surface area contributed by atoms with Crippen LogP contribution in [0.25, 0.3) is 98.7 Å². The highest BCUT2D eigenvalue weighted by Crippen LogP contribution is 2.47. The molecule has 0 heterocycles. The number of hydrogen-bond acceptors (Lipinski definition) is 1. The summed E-state index contributed by atoms with van der Waals surface area (Å²) < 4.78 is 0. The summed E-state index contributed by atoms with van der Waals surface area (Å²) in [4.78, 5) is 2.43. The third-order valence-electron chi connectivity index (χ3n) is 13.0. The molecule has 1 nitrogen and oxygen atoms in total. The Labute approximate surface area is 379 Å². The molecule has 0 aliphatic rings. The van der Waals surface area contributed by atoms with Gasteiger partial charge in [0.1, 0.15) is 0 Å². The van der Waals surface area contributed by atoms with Crippen LogP contribution in [-0.2, 0) is 0 Å². The smallest absolute Gasteiger partial charge is 0.0540 e. The van der Waals surface area contributed by atoms with Gasteiger partial charge in [0.25, 0.3) is 0 Å². The summed E-state index contributed by atoms with van der Waals surface area (Å²) in [7, 11) is 0. The maximum Gasteiger partial charge on any atom is 0.0540 e. The first kappa shape index (κ1) is 38.2. The van der Waals surface area contributed by atoms with Gasteiger partial charge < -0.3 is 4.90 Å². The number of fused-ring (bicyclic) bond motifs is 5. The summed E-state index contributed by atoms with van der Waals surface area (Å²) in [5.41, 5.74) is 15.4. The maximum atomic E-state index is 2.43. The first-order valence-corrected chi connectivity index (χ1v) is 22.4. The van der Waals surface area contributed by atoms with Crippen molar-refractivity contribution in [2.45, 2.75) is 0 Å². The summed E-state index contributed by atoms with van der Waals surface area (Å²) in [6, 6.07) is 95.2. The largest absolute Gasteiger partial charge is 0.310 e. The van der Waals surface area contributed by atoms with Crippen LogP contribution in [0, 0.1) is 0 Å². The minimum atomic E-state index is 1.09. The number of anilines is 3. The molecule has 0 amide bonds. The lowest BCUT2D eigenvalue weighted by Crippen LogP contribution is -2.10. The third kappa shape index (κ3) is 6.82. The van der Waals surface area contributed by atoms with Gasteiger partial charge in [0.15, 0.2) is 0 Å². The first-order chi connectivity index (χ1) is 32.3. The second-order valence-electron chi connectivity index (χ2n) is 16.8. The molecule has 12 aromatic rings. The fourth-order valence-electron chi connectivity index (χ4n) is 10.0. The fraction of sp³-hybridized carbons (Fsp3) is 0. The molecule has 304 valence electrons. The first-order valence-electron chi connectivity index (χ1n) is 22.4. The van der Waals surface area contributed by atoms with E-state index in [1.807, 2.05) is 0 Å². The van der Waals surface area contributed by atoms with Crippen molar-refractivity contribution in [3.63, 3.8) is 0 Å². The average Bonchev–Trinajstić information content (AvgIpc) is 3.39. The summed E-state index contributed by atoms with van der Waals surface area (Å²) in [6.45, 7) is 0. The van der Waals surface area contributed by atoms with E-state index in [9.17, 15) is 0 Å². The second kappa shape index (κ2) is 16.3. The molecule has 12 aromatic carbocycles. The van der Waals surface area contributed by atoms with Crippen molar-refractivity contribution in [2.24, 2.45) is 0 Å². The van der Waals surface area contributed by atoms with Gasteiger partial charge in [0.2, 0.25) is 0 Å². The van der Waals surface area contributed by atoms with Gasteiger partial charge in [-0.25, -0.2) is 0 Å². The van der Waals surface area contributed by atoms with Crippen molar-refractivity contribution >= 4 is 60.2 Å². The Morgan fingerprint density at radius 3 is 1.45 bits per heavy atom. The van der Waals surface area contributed by atoms with Crippen molar-refractivity contribution in [1.29, 1.82) is 0 Å². The summed E-state index contributed by atoms with van der Waals surface area (Å²) in [5.74, 6) is 0. The molecule has 0 spiro atoms. The molecule has 0 N–H and O–H groups in total. The number of nitrogens with zero attached hydrogens (tertiary/aromatic N) is 1. The van der Waals surface area contributed by atoms with Crippen LogP contribution in [0.4, 0.5) is 17.1 Å². The molecule has 65 heavy (non-hydrogen) atoms. The van der Waals surface area contributed by atoms with Crippen molar-refractivity contribution < 1.29 is 0 Å². The zero-order valence-corrected chi connectivity index (χ0v) is 35.8. The van der Waals surface area contributed by atoms with E-state index in [0.717, 1.165) is 22.6 Å². The second-order valence-corrected chi connectivity index (χ2v) is 16.8. The zero-order chi connectivity index (χ0) is 43.1. The van der Waals surface area contributed by atoms with Crippen molar-refractivity contribution in [3.8, 4) is 55.6 Å². The van der Waals surface area contributed by atoms with Crippen LogP contribution < -0.4 is 4.90 Å². The lowest BCUT2D eigenvalue weighted by molar-refractivity contribution is 1.30. The van der Waals surface area contributed by atoms with Crippen LogP contribution in [0.3, 0.4) is 0 Å². The molecule has 1 heteroatoms. The van der Waals surface area contributed by atoms with Gasteiger partial charge in [0.05, 0.1) is 5.69 Å². The van der Waals surface area contributed by atoms with Gasteiger partial charge >= 0.3 is 0 Å². The van der Waals surface area contributed by atoms with Gasteiger partial charge in [-0.1, -0.05) is 224 Å². The highest BCUT2D eigenvalue weighted by molar-refractivity contribution is 6.22. The van der Waals surface area contributed by atoms with E-state index in [1.165, 1.54) is 93.2 Å². The Hall–Kier alpha value is -8.52. The van der Waals surface area contributed by atoms with E-state index in [2.05, 4.69) is 266 Å². The molecule has 0 saturated heterocycles.